The smallest absolute Gasteiger partial charge is 0.240 e. The number of amides is 1. The highest BCUT2D eigenvalue weighted by atomic mass is 32.2. The van der Waals surface area contributed by atoms with Crippen LogP contribution in [0.1, 0.15) is 25.0 Å². The predicted octanol–water partition coefficient (Wildman–Crippen LogP) is 1.35. The Labute approximate surface area is 120 Å². The second-order valence-electron chi connectivity index (χ2n) is 5.09. The van der Waals surface area contributed by atoms with Crippen LogP contribution in [0.5, 0.6) is 0 Å². The van der Waals surface area contributed by atoms with Gasteiger partial charge in [0.15, 0.2) is 0 Å². The highest BCUT2D eigenvalue weighted by Crippen LogP contribution is 2.14. The van der Waals surface area contributed by atoms with Crippen molar-refractivity contribution < 1.29 is 13.2 Å². The van der Waals surface area contributed by atoms with E-state index in [0.29, 0.717) is 0 Å². The molecule has 0 atom stereocenters. The maximum absolute atomic E-state index is 12.1. The van der Waals surface area contributed by atoms with Crippen molar-refractivity contribution >= 4 is 15.9 Å². The molecule has 0 aliphatic rings. The zero-order valence-corrected chi connectivity index (χ0v) is 13.2. The molecule has 0 aliphatic heterocycles. The predicted molar refractivity (Wildman–Crippen MR) is 79.0 cm³/mol. The molecule has 0 saturated heterocycles. The number of rotatable bonds is 6. The summed E-state index contributed by atoms with van der Waals surface area (Å²) in [6.45, 7) is 7.83. The summed E-state index contributed by atoms with van der Waals surface area (Å²) in [5.74, 6) is -0.193. The number of hydrogen-bond donors (Lipinski definition) is 2. The monoisotopic (exact) mass is 298 g/mol. The van der Waals surface area contributed by atoms with E-state index in [2.05, 4.69) is 10.0 Å². The van der Waals surface area contributed by atoms with E-state index in [9.17, 15) is 13.2 Å². The number of carbonyl (C=O) groups is 1. The number of aryl methyl sites for hydroxylation is 2. The first kappa shape index (κ1) is 16.7. The van der Waals surface area contributed by atoms with Crippen LogP contribution >= 0.6 is 0 Å². The van der Waals surface area contributed by atoms with Crippen LogP contribution in [0, 0.1) is 19.8 Å². The third-order valence-corrected chi connectivity index (χ3v) is 4.49. The normalized spacial score (nSPS) is 11.7. The van der Waals surface area contributed by atoms with Gasteiger partial charge in [-0.25, -0.2) is 13.1 Å². The fourth-order valence-electron chi connectivity index (χ4n) is 1.54. The summed E-state index contributed by atoms with van der Waals surface area (Å²) in [4.78, 5) is 11.6. The lowest BCUT2D eigenvalue weighted by Gasteiger charge is -2.10. The van der Waals surface area contributed by atoms with Gasteiger partial charge in [0.2, 0.25) is 15.9 Å². The van der Waals surface area contributed by atoms with Gasteiger partial charge in [-0.2, -0.15) is 0 Å². The van der Waals surface area contributed by atoms with Crippen molar-refractivity contribution in [1.82, 2.24) is 10.0 Å². The third kappa shape index (κ3) is 4.61. The molecule has 1 rings (SSSR count). The van der Waals surface area contributed by atoms with Gasteiger partial charge >= 0.3 is 0 Å². The van der Waals surface area contributed by atoms with E-state index >= 15 is 0 Å². The Bertz CT molecular complexity index is 580. The van der Waals surface area contributed by atoms with Crippen LogP contribution < -0.4 is 10.0 Å². The topological polar surface area (TPSA) is 75.3 Å². The maximum atomic E-state index is 12.1. The molecule has 0 fully saturated rings. The summed E-state index contributed by atoms with van der Waals surface area (Å²) in [5, 5.41) is 2.66. The van der Waals surface area contributed by atoms with E-state index in [0.717, 1.165) is 11.1 Å². The van der Waals surface area contributed by atoms with Gasteiger partial charge in [-0.1, -0.05) is 19.9 Å². The average molecular weight is 298 g/mol. The molecule has 0 saturated carbocycles. The van der Waals surface area contributed by atoms with Crippen LogP contribution in [0.15, 0.2) is 23.1 Å². The molecule has 0 heterocycles. The van der Waals surface area contributed by atoms with Crippen LogP contribution in [0.2, 0.25) is 0 Å². The van der Waals surface area contributed by atoms with Crippen LogP contribution in [-0.2, 0) is 14.8 Å². The van der Waals surface area contributed by atoms with E-state index in [-0.39, 0.29) is 29.8 Å². The van der Waals surface area contributed by atoms with Gasteiger partial charge in [0.25, 0.3) is 0 Å². The van der Waals surface area contributed by atoms with E-state index < -0.39 is 10.0 Å². The molecule has 0 unspecified atom stereocenters. The van der Waals surface area contributed by atoms with Crippen LogP contribution in [0.25, 0.3) is 0 Å². The molecule has 5 nitrogen and oxygen atoms in total. The Kier molecular flexibility index (Phi) is 5.71. The molecule has 0 spiro atoms. The minimum Gasteiger partial charge on any atom is -0.355 e. The van der Waals surface area contributed by atoms with Crippen LogP contribution in [0.3, 0.4) is 0 Å². The molecule has 0 radical (unpaired) electrons. The Morgan fingerprint density at radius 3 is 2.35 bits per heavy atom. The number of benzene rings is 1. The molecular weight excluding hydrogens is 276 g/mol. The van der Waals surface area contributed by atoms with Crippen molar-refractivity contribution in [2.45, 2.75) is 32.6 Å². The molecule has 0 aliphatic carbocycles. The fraction of sp³-hybridized carbons (Fsp3) is 0.500. The van der Waals surface area contributed by atoms with Crippen molar-refractivity contribution in [3.8, 4) is 0 Å². The van der Waals surface area contributed by atoms with Crippen LogP contribution in [0.4, 0.5) is 0 Å². The van der Waals surface area contributed by atoms with Gasteiger partial charge in [-0.3, -0.25) is 4.79 Å². The van der Waals surface area contributed by atoms with Gasteiger partial charge < -0.3 is 5.32 Å². The SMILES string of the molecule is Cc1ccc(S(=O)(=O)NCCNC(=O)C(C)C)cc1C. The van der Waals surface area contributed by atoms with E-state index in [1.165, 1.54) is 0 Å². The number of sulfonamides is 1. The zero-order chi connectivity index (χ0) is 15.3. The third-order valence-electron chi connectivity index (χ3n) is 3.03. The highest BCUT2D eigenvalue weighted by Gasteiger charge is 2.14. The number of nitrogens with one attached hydrogen (secondary N) is 2. The Morgan fingerprint density at radius 2 is 1.80 bits per heavy atom. The lowest BCUT2D eigenvalue weighted by Crippen LogP contribution is -2.36. The highest BCUT2D eigenvalue weighted by molar-refractivity contribution is 7.89. The number of hydrogen-bond acceptors (Lipinski definition) is 3. The first-order chi connectivity index (χ1) is 9.24. The average Bonchev–Trinajstić information content (AvgIpc) is 2.37. The summed E-state index contributed by atoms with van der Waals surface area (Å²) in [7, 11) is -3.52. The second-order valence-corrected chi connectivity index (χ2v) is 6.86. The van der Waals surface area contributed by atoms with Gasteiger partial charge in [-0.05, 0) is 37.1 Å². The fourth-order valence-corrected chi connectivity index (χ4v) is 2.66. The molecule has 1 aromatic carbocycles. The van der Waals surface area contributed by atoms with Crippen molar-refractivity contribution in [2.75, 3.05) is 13.1 Å². The van der Waals surface area contributed by atoms with Gasteiger partial charge in [-0.15, -0.1) is 0 Å². The Morgan fingerprint density at radius 1 is 1.15 bits per heavy atom. The molecule has 112 valence electrons. The maximum Gasteiger partial charge on any atom is 0.240 e. The molecule has 1 amide bonds. The van der Waals surface area contributed by atoms with Crippen LogP contribution in [-0.4, -0.2) is 27.4 Å². The van der Waals surface area contributed by atoms with E-state index in [4.69, 9.17) is 0 Å². The lowest BCUT2D eigenvalue weighted by atomic mass is 10.1. The zero-order valence-electron chi connectivity index (χ0n) is 12.4. The molecule has 2 N–H and O–H groups in total. The first-order valence-corrected chi connectivity index (χ1v) is 8.07. The quantitative estimate of drug-likeness (QED) is 0.779. The summed E-state index contributed by atoms with van der Waals surface area (Å²) in [6, 6.07) is 5.01. The van der Waals surface area contributed by atoms with Crippen molar-refractivity contribution in [3.63, 3.8) is 0 Å². The Balaban J connectivity index is 2.58. The minimum atomic E-state index is -3.52. The first-order valence-electron chi connectivity index (χ1n) is 6.58. The molecule has 6 heteroatoms. The Hall–Kier alpha value is -1.40. The van der Waals surface area contributed by atoms with Gasteiger partial charge in [0.05, 0.1) is 4.90 Å². The van der Waals surface area contributed by atoms with Crippen molar-refractivity contribution in [3.05, 3.63) is 29.3 Å². The van der Waals surface area contributed by atoms with Gasteiger partial charge in [0, 0.05) is 19.0 Å². The summed E-state index contributed by atoms with van der Waals surface area (Å²) < 4.78 is 26.6. The molecular formula is C14H22N2O3S. The summed E-state index contributed by atoms with van der Waals surface area (Å²) in [5.41, 5.74) is 1.98. The second kappa shape index (κ2) is 6.85. The number of carbonyl (C=O) groups excluding carboxylic acids is 1. The molecule has 0 bridgehead atoms. The summed E-state index contributed by atoms with van der Waals surface area (Å²) >= 11 is 0. The van der Waals surface area contributed by atoms with Gasteiger partial charge in [0.1, 0.15) is 0 Å². The van der Waals surface area contributed by atoms with E-state index in [1.807, 2.05) is 13.8 Å². The largest absolute Gasteiger partial charge is 0.355 e. The molecule has 20 heavy (non-hydrogen) atoms. The van der Waals surface area contributed by atoms with E-state index in [1.54, 1.807) is 32.0 Å². The molecule has 0 aromatic heterocycles. The standard InChI is InChI=1S/C14H22N2O3S/c1-10(2)14(17)15-7-8-16-20(18,19)13-6-5-11(3)12(4)9-13/h5-6,9-10,16H,7-8H2,1-4H3,(H,15,17). The minimum absolute atomic E-state index is 0.0876. The van der Waals surface area contributed by atoms with Crippen molar-refractivity contribution in [1.29, 1.82) is 0 Å². The molecule has 1 aromatic rings. The lowest BCUT2D eigenvalue weighted by molar-refractivity contribution is -0.123. The summed E-state index contributed by atoms with van der Waals surface area (Å²) in [6.07, 6.45) is 0. The van der Waals surface area contributed by atoms with Crippen molar-refractivity contribution in [2.24, 2.45) is 5.92 Å².